The average Bonchev–Trinajstić information content (AvgIpc) is 3.24. The third-order valence-corrected chi connectivity index (χ3v) is 5.36. The van der Waals surface area contributed by atoms with E-state index >= 15 is 0 Å². The van der Waals surface area contributed by atoms with Crippen LogP contribution in [-0.2, 0) is 4.74 Å². The molecule has 28 heavy (non-hydrogen) atoms. The number of para-hydroxylation sites is 1. The normalized spacial score (nSPS) is 10.9. The summed E-state index contributed by atoms with van der Waals surface area (Å²) in [7, 11) is 0. The molecule has 3 aromatic rings. The third-order valence-electron chi connectivity index (χ3n) is 4.42. The summed E-state index contributed by atoms with van der Waals surface area (Å²) in [6.45, 7) is 7.58. The number of ketones is 1. The van der Waals surface area contributed by atoms with Gasteiger partial charge < -0.3 is 9.72 Å². The Morgan fingerprint density at radius 2 is 1.96 bits per heavy atom. The van der Waals surface area contributed by atoms with Crippen LogP contribution in [0.1, 0.15) is 44.6 Å². The summed E-state index contributed by atoms with van der Waals surface area (Å²) in [6.07, 6.45) is 1.64. The lowest BCUT2D eigenvalue weighted by atomic mass is 10.1. The van der Waals surface area contributed by atoms with Crippen molar-refractivity contribution >= 4 is 23.5 Å². The summed E-state index contributed by atoms with van der Waals surface area (Å²) in [5.74, 6) is -0.341. The molecule has 3 rings (SSSR count). The topological polar surface area (TPSA) is 89.9 Å². The van der Waals surface area contributed by atoms with E-state index in [0.29, 0.717) is 27.7 Å². The first-order valence-corrected chi connectivity index (χ1v) is 9.90. The molecule has 8 heteroatoms. The van der Waals surface area contributed by atoms with Crippen molar-refractivity contribution in [1.82, 2.24) is 19.7 Å². The highest BCUT2D eigenvalue weighted by molar-refractivity contribution is 7.99. The number of thioether (sulfide) groups is 1. The number of nitrogens with zero attached hydrogens (tertiary/aromatic N) is 3. The zero-order valence-electron chi connectivity index (χ0n) is 16.3. The van der Waals surface area contributed by atoms with Crippen LogP contribution in [0.15, 0.2) is 35.7 Å². The quantitative estimate of drug-likeness (QED) is 0.371. The van der Waals surface area contributed by atoms with Gasteiger partial charge in [0.2, 0.25) is 0 Å². The second-order valence-corrected chi connectivity index (χ2v) is 7.27. The summed E-state index contributed by atoms with van der Waals surface area (Å²) < 4.78 is 6.91. The molecule has 7 nitrogen and oxygen atoms in total. The molecular weight excluding hydrogens is 376 g/mol. The maximum absolute atomic E-state index is 12.8. The van der Waals surface area contributed by atoms with Crippen LogP contribution in [0.25, 0.3) is 5.69 Å². The maximum atomic E-state index is 12.8. The molecule has 0 unspecified atom stereocenters. The van der Waals surface area contributed by atoms with Crippen molar-refractivity contribution in [2.45, 2.75) is 32.9 Å². The molecule has 0 saturated carbocycles. The summed E-state index contributed by atoms with van der Waals surface area (Å²) in [6, 6.07) is 7.92. The van der Waals surface area contributed by atoms with Gasteiger partial charge in [0, 0.05) is 11.3 Å². The molecule has 2 heterocycles. The largest absolute Gasteiger partial charge is 0.461 e. The van der Waals surface area contributed by atoms with Crippen molar-refractivity contribution in [2.75, 3.05) is 12.4 Å². The van der Waals surface area contributed by atoms with Crippen molar-refractivity contribution < 1.29 is 14.3 Å². The fourth-order valence-corrected chi connectivity index (χ4v) is 3.89. The molecule has 0 radical (unpaired) electrons. The van der Waals surface area contributed by atoms with Crippen LogP contribution in [0.4, 0.5) is 0 Å². The third kappa shape index (κ3) is 3.87. The molecule has 0 saturated heterocycles. The van der Waals surface area contributed by atoms with E-state index in [1.807, 2.05) is 35.8 Å². The number of aryl methyl sites for hydroxylation is 2. The second-order valence-electron chi connectivity index (χ2n) is 6.33. The molecule has 0 aliphatic rings. The standard InChI is InChI=1S/C20H22N4O3S/c1-5-27-19(26)18-13(3)17(14(4)22-18)16(25)10-28-20-23-21-11-24(20)15-9-7-6-8-12(15)2/h6-9,11,22H,5,10H2,1-4H3. The number of nitrogens with one attached hydrogen (secondary N) is 1. The fourth-order valence-electron chi connectivity index (χ4n) is 3.10. The summed E-state index contributed by atoms with van der Waals surface area (Å²) in [5.41, 5.74) is 4.19. The Morgan fingerprint density at radius 3 is 2.68 bits per heavy atom. The van der Waals surface area contributed by atoms with Crippen molar-refractivity contribution in [3.63, 3.8) is 0 Å². The average molecular weight is 398 g/mol. The molecule has 146 valence electrons. The van der Waals surface area contributed by atoms with Gasteiger partial charge in [-0.15, -0.1) is 10.2 Å². The number of hydrogen-bond acceptors (Lipinski definition) is 6. The number of carbonyl (C=O) groups is 2. The predicted molar refractivity (Wildman–Crippen MR) is 107 cm³/mol. The number of H-pyrrole nitrogens is 1. The van der Waals surface area contributed by atoms with Gasteiger partial charge in [0.1, 0.15) is 12.0 Å². The van der Waals surface area contributed by atoms with Crippen LogP contribution < -0.4 is 0 Å². The summed E-state index contributed by atoms with van der Waals surface area (Å²) in [4.78, 5) is 27.9. The number of Topliss-reactive ketones (excluding diaryl/α,β-unsaturated/α-hetero) is 1. The molecular formula is C20H22N4O3S. The van der Waals surface area contributed by atoms with Crippen molar-refractivity contribution in [3.05, 3.63) is 58.7 Å². The van der Waals surface area contributed by atoms with E-state index in [1.54, 1.807) is 27.1 Å². The van der Waals surface area contributed by atoms with Crippen LogP contribution >= 0.6 is 11.8 Å². The highest BCUT2D eigenvalue weighted by Gasteiger charge is 2.23. The molecule has 0 aliphatic heterocycles. The second kappa shape index (κ2) is 8.43. The Hall–Kier alpha value is -2.87. The lowest BCUT2D eigenvalue weighted by molar-refractivity contribution is 0.0519. The SMILES string of the molecule is CCOC(=O)c1[nH]c(C)c(C(=O)CSc2nncn2-c2ccccc2C)c1C. The number of aromatic nitrogens is 4. The minimum absolute atomic E-state index is 0.0777. The number of esters is 1. The van der Waals surface area contributed by atoms with Crippen LogP contribution in [0.3, 0.4) is 0 Å². The molecule has 1 N–H and O–H groups in total. The Balaban J connectivity index is 1.79. The molecule has 2 aromatic heterocycles. The minimum atomic E-state index is -0.450. The highest BCUT2D eigenvalue weighted by atomic mass is 32.2. The Kier molecular flexibility index (Phi) is 5.99. The smallest absolute Gasteiger partial charge is 0.355 e. The number of benzene rings is 1. The zero-order valence-corrected chi connectivity index (χ0v) is 17.1. The van der Waals surface area contributed by atoms with Crippen molar-refractivity contribution in [1.29, 1.82) is 0 Å². The first-order valence-electron chi connectivity index (χ1n) is 8.92. The number of carbonyl (C=O) groups excluding carboxylic acids is 2. The summed E-state index contributed by atoms with van der Waals surface area (Å²) in [5, 5.41) is 8.77. The number of rotatable bonds is 7. The maximum Gasteiger partial charge on any atom is 0.355 e. The van der Waals surface area contributed by atoms with E-state index < -0.39 is 5.97 Å². The van der Waals surface area contributed by atoms with E-state index in [-0.39, 0.29) is 18.1 Å². The van der Waals surface area contributed by atoms with E-state index in [1.165, 1.54) is 11.8 Å². The van der Waals surface area contributed by atoms with Gasteiger partial charge in [-0.1, -0.05) is 30.0 Å². The van der Waals surface area contributed by atoms with Crippen LogP contribution in [0.5, 0.6) is 0 Å². The van der Waals surface area contributed by atoms with E-state index in [9.17, 15) is 9.59 Å². The van der Waals surface area contributed by atoms with Gasteiger partial charge in [-0.2, -0.15) is 0 Å². The lowest BCUT2D eigenvalue weighted by Crippen LogP contribution is -2.09. The van der Waals surface area contributed by atoms with Gasteiger partial charge in [0.25, 0.3) is 0 Å². The van der Waals surface area contributed by atoms with Gasteiger partial charge in [-0.25, -0.2) is 4.79 Å². The van der Waals surface area contributed by atoms with Crippen molar-refractivity contribution in [2.24, 2.45) is 0 Å². The molecule has 0 spiro atoms. The monoisotopic (exact) mass is 398 g/mol. The summed E-state index contributed by atoms with van der Waals surface area (Å²) >= 11 is 1.32. The Labute approximate surface area is 167 Å². The molecule has 0 bridgehead atoms. The predicted octanol–water partition coefficient (Wildman–Crippen LogP) is 3.67. The van der Waals surface area contributed by atoms with Gasteiger partial charge in [-0.3, -0.25) is 9.36 Å². The Morgan fingerprint density at radius 1 is 1.21 bits per heavy atom. The first-order chi connectivity index (χ1) is 13.4. The zero-order chi connectivity index (χ0) is 20.3. The number of aromatic amines is 1. The van der Waals surface area contributed by atoms with Gasteiger partial charge in [0.15, 0.2) is 10.9 Å². The molecule has 0 atom stereocenters. The number of hydrogen-bond donors (Lipinski definition) is 1. The minimum Gasteiger partial charge on any atom is -0.461 e. The van der Waals surface area contributed by atoms with E-state index in [4.69, 9.17) is 4.74 Å². The first kappa shape index (κ1) is 19.9. The van der Waals surface area contributed by atoms with Gasteiger partial charge in [0.05, 0.1) is 18.0 Å². The molecule has 0 aliphatic carbocycles. The highest BCUT2D eigenvalue weighted by Crippen LogP contribution is 2.25. The molecule has 0 amide bonds. The van der Waals surface area contributed by atoms with Crippen molar-refractivity contribution in [3.8, 4) is 5.69 Å². The van der Waals surface area contributed by atoms with Gasteiger partial charge >= 0.3 is 5.97 Å². The Bertz CT molecular complexity index is 1020. The molecule has 0 fully saturated rings. The van der Waals surface area contributed by atoms with Crippen LogP contribution in [-0.4, -0.2) is 43.9 Å². The van der Waals surface area contributed by atoms with E-state index in [2.05, 4.69) is 15.2 Å². The fraction of sp³-hybridized carbons (Fsp3) is 0.300. The van der Waals surface area contributed by atoms with Crippen LogP contribution in [0, 0.1) is 20.8 Å². The number of ether oxygens (including phenoxy) is 1. The van der Waals surface area contributed by atoms with Gasteiger partial charge in [-0.05, 0) is 44.9 Å². The van der Waals surface area contributed by atoms with Crippen LogP contribution in [0.2, 0.25) is 0 Å². The lowest BCUT2D eigenvalue weighted by Gasteiger charge is -2.09. The van der Waals surface area contributed by atoms with E-state index in [0.717, 1.165) is 11.3 Å². The molecule has 1 aromatic carbocycles.